The molecule has 1 heterocycles. The molecule has 1 aromatic carbocycles. The Balaban J connectivity index is 2.42. The van der Waals surface area contributed by atoms with Crippen molar-refractivity contribution < 1.29 is 0 Å². The lowest BCUT2D eigenvalue weighted by molar-refractivity contribution is 0.800. The molecule has 1 atom stereocenters. The molecule has 0 saturated heterocycles. The summed E-state index contributed by atoms with van der Waals surface area (Å²) in [5, 5.41) is 6.78. The van der Waals surface area contributed by atoms with Gasteiger partial charge in [-0.15, -0.1) is 11.3 Å². The van der Waals surface area contributed by atoms with Crippen molar-refractivity contribution in [3.8, 4) is 0 Å². The number of thiocarbonyl (C=S) groups is 1. The zero-order chi connectivity index (χ0) is 14.7. The summed E-state index contributed by atoms with van der Waals surface area (Å²) in [7, 11) is 1.81. The molecule has 0 aliphatic carbocycles. The number of hydrogen-bond acceptors (Lipinski definition) is 2. The Hall–Kier alpha value is -0.810. The molecular weight excluding hydrogens is 331 g/mol. The van der Waals surface area contributed by atoms with Gasteiger partial charge in [0, 0.05) is 17.6 Å². The van der Waals surface area contributed by atoms with Crippen LogP contribution in [0.1, 0.15) is 17.8 Å². The fourth-order valence-electron chi connectivity index (χ4n) is 1.93. The summed E-state index contributed by atoms with van der Waals surface area (Å²) in [5.41, 5.74) is 0.916. The molecule has 106 valence electrons. The summed E-state index contributed by atoms with van der Waals surface area (Å²) in [6, 6.07) is 9.78. The fourth-order valence-corrected chi connectivity index (χ4v) is 3.26. The van der Waals surface area contributed by atoms with Crippen LogP contribution in [-0.2, 0) is 0 Å². The van der Waals surface area contributed by atoms with Crippen molar-refractivity contribution in [2.45, 2.75) is 13.0 Å². The molecule has 0 spiro atoms. The number of benzene rings is 1. The molecule has 1 aromatic heterocycles. The molecule has 0 amide bonds. The van der Waals surface area contributed by atoms with Gasteiger partial charge in [0.2, 0.25) is 0 Å². The highest BCUT2D eigenvalue weighted by Gasteiger charge is 2.21. The van der Waals surface area contributed by atoms with E-state index in [0.717, 1.165) is 5.69 Å². The minimum atomic E-state index is 0.118. The van der Waals surface area contributed by atoms with Crippen molar-refractivity contribution in [2.24, 2.45) is 0 Å². The molecule has 0 radical (unpaired) electrons. The van der Waals surface area contributed by atoms with Crippen molar-refractivity contribution in [3.63, 3.8) is 0 Å². The highest BCUT2D eigenvalue weighted by molar-refractivity contribution is 7.80. The monoisotopic (exact) mass is 344 g/mol. The van der Waals surface area contributed by atoms with Crippen molar-refractivity contribution >= 4 is 57.6 Å². The topological polar surface area (TPSA) is 15.3 Å². The minimum absolute atomic E-state index is 0.118. The van der Waals surface area contributed by atoms with Crippen LogP contribution >= 0.6 is 46.8 Å². The Morgan fingerprint density at radius 2 is 2.05 bits per heavy atom. The third kappa shape index (κ3) is 3.26. The zero-order valence-electron chi connectivity index (χ0n) is 11.1. The van der Waals surface area contributed by atoms with Gasteiger partial charge in [0.25, 0.3) is 0 Å². The number of nitrogens with zero attached hydrogens (tertiary/aromatic N) is 1. The Labute approximate surface area is 138 Å². The molecule has 6 heteroatoms. The molecule has 2 rings (SSSR count). The minimum Gasteiger partial charge on any atom is -0.365 e. The van der Waals surface area contributed by atoms with Crippen molar-refractivity contribution in [1.82, 2.24) is 5.32 Å². The summed E-state index contributed by atoms with van der Waals surface area (Å²) in [6.45, 7) is 2.11. The quantitative estimate of drug-likeness (QED) is 0.777. The number of nitrogens with one attached hydrogen (secondary N) is 1. The second kappa shape index (κ2) is 6.76. The standard InChI is InChI=1S/C14H14Cl2N2S2/c1-9(13-4-3-7-20-13)18(14(19)17-2)10-5-6-11(15)12(16)8-10/h3-9H,1-2H3,(H,17,19). The van der Waals surface area contributed by atoms with Gasteiger partial charge in [-0.25, -0.2) is 0 Å². The predicted octanol–water partition coefficient (Wildman–Crippen LogP) is 5.13. The molecule has 0 fully saturated rings. The van der Waals surface area contributed by atoms with Gasteiger partial charge in [-0.3, -0.25) is 0 Å². The number of anilines is 1. The van der Waals surface area contributed by atoms with Crippen LogP contribution in [0.25, 0.3) is 0 Å². The fraction of sp³-hybridized carbons (Fsp3) is 0.214. The van der Waals surface area contributed by atoms with E-state index in [-0.39, 0.29) is 6.04 Å². The van der Waals surface area contributed by atoms with Crippen LogP contribution in [0.15, 0.2) is 35.7 Å². The van der Waals surface area contributed by atoms with Gasteiger partial charge in [0.05, 0.1) is 16.1 Å². The Morgan fingerprint density at radius 1 is 1.30 bits per heavy atom. The van der Waals surface area contributed by atoms with E-state index in [4.69, 9.17) is 35.4 Å². The maximum Gasteiger partial charge on any atom is 0.173 e. The van der Waals surface area contributed by atoms with Gasteiger partial charge in [0.1, 0.15) is 0 Å². The van der Waals surface area contributed by atoms with Crippen LogP contribution in [0.4, 0.5) is 5.69 Å². The average molecular weight is 345 g/mol. The van der Waals surface area contributed by atoms with E-state index < -0.39 is 0 Å². The molecule has 1 unspecified atom stereocenters. The van der Waals surface area contributed by atoms with E-state index in [1.807, 2.05) is 30.1 Å². The first kappa shape index (κ1) is 15.6. The van der Waals surface area contributed by atoms with E-state index in [1.54, 1.807) is 17.4 Å². The van der Waals surface area contributed by atoms with Crippen molar-refractivity contribution in [3.05, 3.63) is 50.6 Å². The Kier molecular flexibility index (Phi) is 5.27. The number of thiophene rings is 1. The molecule has 20 heavy (non-hydrogen) atoms. The van der Waals surface area contributed by atoms with Gasteiger partial charge in [0.15, 0.2) is 5.11 Å². The number of halogens is 2. The van der Waals surface area contributed by atoms with Crippen LogP contribution in [0.2, 0.25) is 10.0 Å². The summed E-state index contributed by atoms with van der Waals surface area (Å²) < 4.78 is 0. The Morgan fingerprint density at radius 3 is 2.60 bits per heavy atom. The molecule has 0 saturated carbocycles. The highest BCUT2D eigenvalue weighted by Crippen LogP contribution is 2.33. The lowest BCUT2D eigenvalue weighted by atomic mass is 10.2. The highest BCUT2D eigenvalue weighted by atomic mass is 35.5. The van der Waals surface area contributed by atoms with E-state index in [0.29, 0.717) is 15.2 Å². The summed E-state index contributed by atoms with van der Waals surface area (Å²) >= 11 is 19.2. The first-order valence-electron chi connectivity index (χ1n) is 6.04. The molecule has 1 N–H and O–H groups in total. The second-order valence-electron chi connectivity index (χ2n) is 4.21. The lowest BCUT2D eigenvalue weighted by Gasteiger charge is -2.31. The van der Waals surface area contributed by atoms with Gasteiger partial charge in [-0.1, -0.05) is 29.3 Å². The Bertz CT molecular complexity index is 599. The van der Waals surface area contributed by atoms with Crippen molar-refractivity contribution in [1.29, 1.82) is 0 Å². The van der Waals surface area contributed by atoms with E-state index in [9.17, 15) is 0 Å². The molecule has 2 nitrogen and oxygen atoms in total. The number of hydrogen-bond donors (Lipinski definition) is 1. The summed E-state index contributed by atoms with van der Waals surface area (Å²) in [6.07, 6.45) is 0. The van der Waals surface area contributed by atoms with Crippen molar-refractivity contribution in [2.75, 3.05) is 11.9 Å². The lowest BCUT2D eigenvalue weighted by Crippen LogP contribution is -2.39. The molecule has 0 bridgehead atoms. The first-order chi connectivity index (χ1) is 9.54. The second-order valence-corrected chi connectivity index (χ2v) is 6.40. The maximum absolute atomic E-state index is 6.12. The van der Waals surface area contributed by atoms with E-state index in [2.05, 4.69) is 23.7 Å². The van der Waals surface area contributed by atoms with Gasteiger partial charge in [-0.05, 0) is 48.8 Å². The van der Waals surface area contributed by atoms with Gasteiger partial charge in [-0.2, -0.15) is 0 Å². The van der Waals surface area contributed by atoms with Crippen LogP contribution in [-0.4, -0.2) is 12.2 Å². The molecule has 0 aliphatic heterocycles. The number of rotatable bonds is 3. The SMILES string of the molecule is CNC(=S)N(c1ccc(Cl)c(Cl)c1)C(C)c1cccs1. The van der Waals surface area contributed by atoms with Gasteiger partial charge < -0.3 is 10.2 Å². The summed E-state index contributed by atoms with van der Waals surface area (Å²) in [4.78, 5) is 3.26. The maximum atomic E-state index is 6.12. The largest absolute Gasteiger partial charge is 0.365 e. The molecule has 2 aromatic rings. The van der Waals surface area contributed by atoms with Crippen LogP contribution in [0.5, 0.6) is 0 Å². The van der Waals surface area contributed by atoms with Gasteiger partial charge >= 0.3 is 0 Å². The molecular formula is C14H14Cl2N2S2. The van der Waals surface area contributed by atoms with Crippen LogP contribution in [0, 0.1) is 0 Å². The third-order valence-corrected chi connectivity index (χ3v) is 5.14. The van der Waals surface area contributed by atoms with Crippen LogP contribution < -0.4 is 10.2 Å². The van der Waals surface area contributed by atoms with Crippen LogP contribution in [0.3, 0.4) is 0 Å². The van der Waals surface area contributed by atoms with E-state index in [1.165, 1.54) is 4.88 Å². The zero-order valence-corrected chi connectivity index (χ0v) is 14.2. The smallest absolute Gasteiger partial charge is 0.173 e. The van der Waals surface area contributed by atoms with E-state index >= 15 is 0 Å². The first-order valence-corrected chi connectivity index (χ1v) is 8.08. The average Bonchev–Trinajstić information content (AvgIpc) is 2.96. The summed E-state index contributed by atoms with van der Waals surface area (Å²) in [5.74, 6) is 0. The predicted molar refractivity (Wildman–Crippen MR) is 93.3 cm³/mol. The third-order valence-electron chi connectivity index (χ3n) is 2.96. The normalized spacial score (nSPS) is 12.0. The molecule has 0 aliphatic rings.